The van der Waals surface area contributed by atoms with Crippen molar-refractivity contribution in [3.8, 4) is 0 Å². The number of pyridine rings is 1. The summed E-state index contributed by atoms with van der Waals surface area (Å²) in [4.78, 5) is 19.8. The highest BCUT2D eigenvalue weighted by Crippen LogP contribution is 2.30. The van der Waals surface area contributed by atoms with Gasteiger partial charge >= 0.3 is 6.09 Å². The molecular formula is C22H32N4O3. The Kier molecular flexibility index (Phi) is 7.14. The first-order valence-corrected chi connectivity index (χ1v) is 10.3. The largest absolute Gasteiger partial charge is 0.465 e. The van der Waals surface area contributed by atoms with E-state index < -0.39 is 6.09 Å². The predicted octanol–water partition coefficient (Wildman–Crippen LogP) is 3.90. The normalized spacial score (nSPS) is 19.1. The van der Waals surface area contributed by atoms with E-state index in [2.05, 4.69) is 36.4 Å². The first kappa shape index (κ1) is 21.2. The highest BCUT2D eigenvalue weighted by Gasteiger charge is 2.25. The number of fused-ring (bicyclic) bond motifs is 1. The van der Waals surface area contributed by atoms with Gasteiger partial charge in [-0.3, -0.25) is 0 Å². The highest BCUT2D eigenvalue weighted by molar-refractivity contribution is 5.93. The first-order chi connectivity index (χ1) is 14.0. The smallest absolute Gasteiger partial charge is 0.407 e. The standard InChI is InChI=1S/C22H32N4O3/c1-25(2)20-14-21(24-19-7-5-4-6-18(19)20)23-17-10-8-16(9-11-17)15-26(22(27)28)12-13-29-3/h4-7,14,16-17H,8-13,15H2,1-3H3,(H,23,24)(H,27,28)/t16-,17+. The molecule has 0 spiro atoms. The quantitative estimate of drug-likeness (QED) is 0.700. The number of aromatic nitrogens is 1. The Morgan fingerprint density at radius 3 is 2.62 bits per heavy atom. The van der Waals surface area contributed by atoms with E-state index in [-0.39, 0.29) is 0 Å². The van der Waals surface area contributed by atoms with E-state index >= 15 is 0 Å². The van der Waals surface area contributed by atoms with Crippen LogP contribution in [0.4, 0.5) is 16.3 Å². The zero-order valence-corrected chi connectivity index (χ0v) is 17.6. The molecule has 7 nitrogen and oxygen atoms in total. The van der Waals surface area contributed by atoms with Gasteiger partial charge in [-0.2, -0.15) is 0 Å². The molecule has 1 fully saturated rings. The van der Waals surface area contributed by atoms with Crippen molar-refractivity contribution < 1.29 is 14.6 Å². The van der Waals surface area contributed by atoms with Gasteiger partial charge in [-0.05, 0) is 37.7 Å². The summed E-state index contributed by atoms with van der Waals surface area (Å²) in [6, 6.07) is 10.7. The Balaban J connectivity index is 1.60. The zero-order valence-electron chi connectivity index (χ0n) is 17.6. The summed E-state index contributed by atoms with van der Waals surface area (Å²) < 4.78 is 5.03. The lowest BCUT2D eigenvalue weighted by Gasteiger charge is -2.32. The Bertz CT molecular complexity index is 819. The number of para-hydroxylation sites is 1. The molecule has 0 saturated heterocycles. The second-order valence-electron chi connectivity index (χ2n) is 8.02. The van der Waals surface area contributed by atoms with Crippen LogP contribution in [0.1, 0.15) is 25.7 Å². The second-order valence-corrected chi connectivity index (χ2v) is 8.02. The number of hydrogen-bond acceptors (Lipinski definition) is 5. The number of hydrogen-bond donors (Lipinski definition) is 2. The Hall–Kier alpha value is -2.54. The molecule has 1 aromatic heterocycles. The second kappa shape index (κ2) is 9.78. The van der Waals surface area contributed by atoms with E-state index in [0.717, 1.165) is 48.1 Å². The average molecular weight is 401 g/mol. The molecule has 1 aliphatic rings. The molecular weight excluding hydrogens is 368 g/mol. The molecule has 7 heteroatoms. The summed E-state index contributed by atoms with van der Waals surface area (Å²) in [6.45, 7) is 1.45. The van der Waals surface area contributed by atoms with Gasteiger partial charge in [0.2, 0.25) is 0 Å². The SMILES string of the molecule is COCCN(C[C@H]1CC[C@@H](Nc2cc(N(C)C)c3ccccc3n2)CC1)C(=O)O. The van der Waals surface area contributed by atoms with Crippen molar-refractivity contribution in [2.45, 2.75) is 31.7 Å². The van der Waals surface area contributed by atoms with E-state index in [9.17, 15) is 9.90 Å². The van der Waals surface area contributed by atoms with Gasteiger partial charge in [-0.15, -0.1) is 0 Å². The molecule has 1 amide bonds. The van der Waals surface area contributed by atoms with Crippen molar-refractivity contribution in [2.24, 2.45) is 5.92 Å². The topological polar surface area (TPSA) is 77.9 Å². The third kappa shape index (κ3) is 5.50. The lowest BCUT2D eigenvalue weighted by atomic mass is 9.85. The minimum Gasteiger partial charge on any atom is -0.465 e. The highest BCUT2D eigenvalue weighted by atomic mass is 16.5. The van der Waals surface area contributed by atoms with Crippen LogP contribution in [0, 0.1) is 5.92 Å². The van der Waals surface area contributed by atoms with Crippen molar-refractivity contribution in [2.75, 3.05) is 51.1 Å². The lowest BCUT2D eigenvalue weighted by Crippen LogP contribution is -2.38. The van der Waals surface area contributed by atoms with Gasteiger partial charge < -0.3 is 25.0 Å². The van der Waals surface area contributed by atoms with Crippen LogP contribution in [0.25, 0.3) is 10.9 Å². The van der Waals surface area contributed by atoms with Crippen molar-refractivity contribution in [3.05, 3.63) is 30.3 Å². The third-order valence-corrected chi connectivity index (χ3v) is 5.69. The zero-order chi connectivity index (χ0) is 20.8. The maximum Gasteiger partial charge on any atom is 0.407 e. The number of ether oxygens (including phenoxy) is 1. The molecule has 0 aliphatic heterocycles. The fraction of sp³-hybridized carbons (Fsp3) is 0.545. The van der Waals surface area contributed by atoms with Crippen molar-refractivity contribution in [1.29, 1.82) is 0 Å². The van der Waals surface area contributed by atoms with Crippen LogP contribution >= 0.6 is 0 Å². The van der Waals surface area contributed by atoms with Crippen LogP contribution < -0.4 is 10.2 Å². The van der Waals surface area contributed by atoms with Crippen LogP contribution in [0.15, 0.2) is 30.3 Å². The number of amides is 1. The van der Waals surface area contributed by atoms with E-state index in [1.165, 1.54) is 4.90 Å². The van der Waals surface area contributed by atoms with E-state index in [0.29, 0.717) is 31.7 Å². The Labute approximate surface area is 172 Å². The van der Waals surface area contributed by atoms with Gasteiger partial charge in [-0.1, -0.05) is 18.2 Å². The number of nitrogens with one attached hydrogen (secondary N) is 1. The molecule has 0 bridgehead atoms. The van der Waals surface area contributed by atoms with E-state index in [4.69, 9.17) is 9.72 Å². The summed E-state index contributed by atoms with van der Waals surface area (Å²) in [6.07, 6.45) is 3.21. The third-order valence-electron chi connectivity index (χ3n) is 5.69. The monoisotopic (exact) mass is 400 g/mol. The molecule has 0 unspecified atom stereocenters. The number of carbonyl (C=O) groups is 1. The van der Waals surface area contributed by atoms with Crippen LogP contribution in [-0.2, 0) is 4.74 Å². The van der Waals surface area contributed by atoms with Gasteiger partial charge in [0.05, 0.1) is 12.1 Å². The number of anilines is 2. The Morgan fingerprint density at radius 1 is 1.24 bits per heavy atom. The Morgan fingerprint density at radius 2 is 1.97 bits per heavy atom. The van der Waals surface area contributed by atoms with Gasteiger partial charge in [0.25, 0.3) is 0 Å². The number of carboxylic acid groups (broad SMARTS) is 1. The van der Waals surface area contributed by atoms with E-state index in [1.807, 2.05) is 18.2 Å². The fourth-order valence-electron chi connectivity index (χ4n) is 4.08. The summed E-state index contributed by atoms with van der Waals surface area (Å²) in [5.74, 6) is 1.31. The summed E-state index contributed by atoms with van der Waals surface area (Å²) in [7, 11) is 5.70. The predicted molar refractivity (Wildman–Crippen MR) is 117 cm³/mol. The first-order valence-electron chi connectivity index (χ1n) is 10.3. The van der Waals surface area contributed by atoms with Crippen LogP contribution in [-0.4, -0.2) is 68.0 Å². The molecule has 1 saturated carbocycles. The molecule has 1 heterocycles. The molecule has 1 aromatic carbocycles. The summed E-state index contributed by atoms with van der Waals surface area (Å²) >= 11 is 0. The average Bonchev–Trinajstić information content (AvgIpc) is 2.71. The molecule has 158 valence electrons. The summed E-state index contributed by atoms with van der Waals surface area (Å²) in [5.41, 5.74) is 2.15. The number of rotatable bonds is 8. The maximum absolute atomic E-state index is 11.4. The molecule has 29 heavy (non-hydrogen) atoms. The van der Waals surface area contributed by atoms with Crippen LogP contribution in [0.3, 0.4) is 0 Å². The molecule has 0 radical (unpaired) electrons. The molecule has 1 aliphatic carbocycles. The minimum atomic E-state index is -0.862. The van der Waals surface area contributed by atoms with Crippen LogP contribution in [0.5, 0.6) is 0 Å². The molecule has 0 atom stereocenters. The minimum absolute atomic E-state index is 0.368. The molecule has 2 aromatic rings. The van der Waals surface area contributed by atoms with Crippen molar-refractivity contribution in [1.82, 2.24) is 9.88 Å². The van der Waals surface area contributed by atoms with Gasteiger partial charge in [0, 0.05) is 57.5 Å². The number of methoxy groups -OCH3 is 1. The van der Waals surface area contributed by atoms with Crippen molar-refractivity contribution in [3.63, 3.8) is 0 Å². The maximum atomic E-state index is 11.4. The van der Waals surface area contributed by atoms with Gasteiger partial charge in [-0.25, -0.2) is 9.78 Å². The molecule has 3 rings (SSSR count). The molecule has 2 N–H and O–H groups in total. The van der Waals surface area contributed by atoms with Gasteiger partial charge in [0.15, 0.2) is 0 Å². The van der Waals surface area contributed by atoms with E-state index in [1.54, 1.807) is 7.11 Å². The fourth-order valence-corrected chi connectivity index (χ4v) is 4.08. The number of benzene rings is 1. The summed E-state index contributed by atoms with van der Waals surface area (Å²) in [5, 5.41) is 14.1. The van der Waals surface area contributed by atoms with Crippen LogP contribution in [0.2, 0.25) is 0 Å². The van der Waals surface area contributed by atoms with Crippen molar-refractivity contribution >= 4 is 28.5 Å². The number of nitrogens with zero attached hydrogens (tertiary/aromatic N) is 3. The lowest BCUT2D eigenvalue weighted by molar-refractivity contribution is 0.105. The van der Waals surface area contributed by atoms with Gasteiger partial charge in [0.1, 0.15) is 5.82 Å².